The highest BCUT2D eigenvalue weighted by molar-refractivity contribution is 5.83. The third kappa shape index (κ3) is 2.68. The van der Waals surface area contributed by atoms with Gasteiger partial charge in [0.25, 0.3) is 0 Å². The number of hydrogen-bond acceptors (Lipinski definition) is 3. The zero-order valence-electron chi connectivity index (χ0n) is 9.08. The van der Waals surface area contributed by atoms with Crippen molar-refractivity contribution in [3.05, 3.63) is 0 Å². The van der Waals surface area contributed by atoms with Gasteiger partial charge in [0.2, 0.25) is 5.91 Å². The van der Waals surface area contributed by atoms with Crippen molar-refractivity contribution in [3.8, 4) is 0 Å². The fraction of sp³-hybridized carbons (Fsp3) is 0.800. The van der Waals surface area contributed by atoms with Crippen molar-refractivity contribution in [3.63, 3.8) is 0 Å². The molecule has 15 heavy (non-hydrogen) atoms. The van der Waals surface area contributed by atoms with Crippen LogP contribution in [0.5, 0.6) is 0 Å². The van der Waals surface area contributed by atoms with E-state index in [0.29, 0.717) is 0 Å². The summed E-state index contributed by atoms with van der Waals surface area (Å²) >= 11 is 0. The van der Waals surface area contributed by atoms with Gasteiger partial charge in [-0.2, -0.15) is 0 Å². The Labute approximate surface area is 88.8 Å². The Balaban J connectivity index is 2.36. The Morgan fingerprint density at radius 1 is 1.53 bits per heavy atom. The molecule has 0 radical (unpaired) electrons. The number of nitrogens with one attached hydrogen (secondary N) is 1. The molecule has 5 heteroatoms. The molecule has 5 nitrogen and oxygen atoms in total. The Kier molecular flexibility index (Phi) is 3.68. The number of carbonyl (C=O) groups is 2. The summed E-state index contributed by atoms with van der Waals surface area (Å²) in [6, 6.07) is 0. The zero-order valence-corrected chi connectivity index (χ0v) is 9.08. The van der Waals surface area contributed by atoms with Crippen LogP contribution in [0.4, 0.5) is 0 Å². The second-order valence-corrected chi connectivity index (χ2v) is 4.19. The summed E-state index contributed by atoms with van der Waals surface area (Å²) in [5.74, 6) is -1.13. The maximum atomic E-state index is 11.6. The second-order valence-electron chi connectivity index (χ2n) is 4.19. The van der Waals surface area contributed by atoms with E-state index in [4.69, 9.17) is 9.84 Å². The van der Waals surface area contributed by atoms with Gasteiger partial charge in [0.15, 0.2) is 6.10 Å². The zero-order chi connectivity index (χ0) is 11.5. The Hall–Kier alpha value is -1.10. The Morgan fingerprint density at radius 2 is 2.13 bits per heavy atom. The molecule has 0 aromatic rings. The number of amides is 1. The molecule has 0 aromatic heterocycles. The number of carbonyl (C=O) groups excluding carboxylic acids is 1. The Morgan fingerprint density at radius 3 is 2.47 bits per heavy atom. The van der Waals surface area contributed by atoms with Gasteiger partial charge in [0, 0.05) is 12.5 Å². The number of methoxy groups -OCH3 is 1. The highest BCUT2D eigenvalue weighted by atomic mass is 16.5. The van der Waals surface area contributed by atoms with Gasteiger partial charge < -0.3 is 15.2 Å². The van der Waals surface area contributed by atoms with Gasteiger partial charge in [0.05, 0.1) is 6.54 Å². The van der Waals surface area contributed by atoms with Crippen LogP contribution in [-0.2, 0) is 14.3 Å². The van der Waals surface area contributed by atoms with Crippen molar-refractivity contribution in [1.29, 1.82) is 0 Å². The molecule has 1 fully saturated rings. The summed E-state index contributed by atoms with van der Waals surface area (Å²) in [5, 5.41) is 11.3. The lowest BCUT2D eigenvalue weighted by Crippen LogP contribution is -2.47. The van der Waals surface area contributed by atoms with Crippen LogP contribution in [-0.4, -0.2) is 36.7 Å². The molecule has 1 aliphatic rings. The van der Waals surface area contributed by atoms with Crippen molar-refractivity contribution in [1.82, 2.24) is 5.32 Å². The van der Waals surface area contributed by atoms with Crippen LogP contribution in [0.15, 0.2) is 0 Å². The second kappa shape index (κ2) is 4.61. The van der Waals surface area contributed by atoms with Crippen molar-refractivity contribution in [2.75, 3.05) is 13.7 Å². The molecule has 1 amide bonds. The van der Waals surface area contributed by atoms with Crippen LogP contribution in [0.1, 0.15) is 26.2 Å². The van der Waals surface area contributed by atoms with E-state index in [9.17, 15) is 9.59 Å². The lowest BCUT2D eigenvalue weighted by atomic mass is 9.70. The van der Waals surface area contributed by atoms with Crippen LogP contribution in [0.2, 0.25) is 0 Å². The third-order valence-electron chi connectivity index (χ3n) is 3.01. The van der Waals surface area contributed by atoms with Gasteiger partial charge in [-0.25, -0.2) is 4.79 Å². The predicted molar refractivity (Wildman–Crippen MR) is 53.4 cm³/mol. The van der Waals surface area contributed by atoms with Gasteiger partial charge in [0.1, 0.15) is 0 Å². The normalized spacial score (nSPS) is 20.1. The van der Waals surface area contributed by atoms with Crippen LogP contribution < -0.4 is 5.32 Å². The molecular formula is C10H17NO4. The highest BCUT2D eigenvalue weighted by Gasteiger charge is 2.39. The molecule has 0 aliphatic heterocycles. The minimum absolute atomic E-state index is 0.0280. The summed E-state index contributed by atoms with van der Waals surface area (Å²) in [5.41, 5.74) is -0.295. The minimum Gasteiger partial charge on any atom is -0.479 e. The van der Waals surface area contributed by atoms with Crippen LogP contribution in [0.25, 0.3) is 0 Å². The average Bonchev–Trinajstić information content (AvgIpc) is 2.14. The molecule has 0 heterocycles. The van der Waals surface area contributed by atoms with E-state index in [-0.39, 0.29) is 17.9 Å². The maximum absolute atomic E-state index is 11.6. The summed E-state index contributed by atoms with van der Waals surface area (Å²) in [6.45, 7) is 1.93. The minimum atomic E-state index is -1.06. The van der Waals surface area contributed by atoms with Crippen LogP contribution in [0.3, 0.4) is 0 Å². The fourth-order valence-electron chi connectivity index (χ4n) is 1.60. The number of rotatable bonds is 5. The summed E-state index contributed by atoms with van der Waals surface area (Å²) < 4.78 is 4.71. The molecule has 1 saturated carbocycles. The van der Waals surface area contributed by atoms with E-state index in [1.54, 1.807) is 0 Å². The van der Waals surface area contributed by atoms with Crippen molar-refractivity contribution in [2.24, 2.45) is 5.41 Å². The van der Waals surface area contributed by atoms with Crippen molar-refractivity contribution < 1.29 is 19.4 Å². The van der Waals surface area contributed by atoms with Gasteiger partial charge >= 0.3 is 5.97 Å². The summed E-state index contributed by atoms with van der Waals surface area (Å²) in [6.07, 6.45) is 1.86. The number of hydrogen-bond donors (Lipinski definition) is 2. The molecular weight excluding hydrogens is 198 g/mol. The predicted octanol–water partition coefficient (Wildman–Crippen LogP) is 0.392. The van der Waals surface area contributed by atoms with Crippen molar-refractivity contribution in [2.45, 2.75) is 32.3 Å². The smallest absolute Gasteiger partial charge is 0.334 e. The number of carboxylic acids is 1. The average molecular weight is 215 g/mol. The lowest BCUT2D eigenvalue weighted by Gasteiger charge is -2.36. The van der Waals surface area contributed by atoms with E-state index in [1.807, 2.05) is 6.92 Å². The molecule has 0 aromatic carbocycles. The maximum Gasteiger partial charge on any atom is 0.334 e. The number of ether oxygens (including phenoxy) is 1. The summed E-state index contributed by atoms with van der Waals surface area (Å²) in [7, 11) is 1.32. The largest absolute Gasteiger partial charge is 0.479 e. The molecule has 0 saturated heterocycles. The van der Waals surface area contributed by atoms with E-state index < -0.39 is 12.1 Å². The number of carboxylic acid groups (broad SMARTS) is 1. The molecule has 1 unspecified atom stereocenters. The first-order chi connectivity index (χ1) is 6.99. The highest BCUT2D eigenvalue weighted by Crippen LogP contribution is 2.40. The first-order valence-corrected chi connectivity index (χ1v) is 5.03. The first-order valence-electron chi connectivity index (χ1n) is 5.03. The number of aliphatic carboxylic acids is 1. The molecule has 1 aliphatic carbocycles. The van der Waals surface area contributed by atoms with Gasteiger partial charge in [-0.05, 0) is 12.8 Å². The van der Waals surface area contributed by atoms with Crippen LogP contribution >= 0.6 is 0 Å². The molecule has 1 rings (SSSR count). The third-order valence-corrected chi connectivity index (χ3v) is 3.01. The van der Waals surface area contributed by atoms with Gasteiger partial charge in [-0.3, -0.25) is 4.79 Å². The SMILES string of the molecule is COC(CNC(=O)C1(C)CCC1)C(=O)O. The lowest BCUT2D eigenvalue weighted by molar-refractivity contribution is -0.148. The van der Waals surface area contributed by atoms with E-state index in [0.717, 1.165) is 19.3 Å². The standard InChI is InChI=1S/C10H17NO4/c1-10(4-3-5-10)9(14)11-6-7(15-2)8(12)13/h7H,3-6H2,1-2H3,(H,11,14)(H,12,13). The van der Waals surface area contributed by atoms with Crippen molar-refractivity contribution >= 4 is 11.9 Å². The molecule has 0 spiro atoms. The van der Waals surface area contributed by atoms with E-state index >= 15 is 0 Å². The molecule has 1 atom stereocenters. The van der Waals surface area contributed by atoms with Gasteiger partial charge in [-0.15, -0.1) is 0 Å². The van der Waals surface area contributed by atoms with Crippen LogP contribution in [0, 0.1) is 5.41 Å². The molecule has 86 valence electrons. The molecule has 0 bridgehead atoms. The fourth-order valence-corrected chi connectivity index (χ4v) is 1.60. The van der Waals surface area contributed by atoms with E-state index in [2.05, 4.69) is 5.32 Å². The monoisotopic (exact) mass is 215 g/mol. The first kappa shape index (κ1) is 12.0. The molecule has 2 N–H and O–H groups in total. The topological polar surface area (TPSA) is 75.6 Å². The van der Waals surface area contributed by atoms with E-state index in [1.165, 1.54) is 7.11 Å². The Bertz CT molecular complexity index is 260. The quantitative estimate of drug-likeness (QED) is 0.695. The summed E-state index contributed by atoms with van der Waals surface area (Å²) in [4.78, 5) is 22.2. The van der Waals surface area contributed by atoms with Gasteiger partial charge in [-0.1, -0.05) is 13.3 Å².